The summed E-state index contributed by atoms with van der Waals surface area (Å²) in [5.41, 5.74) is 3.65. The molecule has 0 aliphatic rings. The van der Waals surface area contributed by atoms with Gasteiger partial charge in [-0.05, 0) is 26.0 Å². The first-order valence-electron chi connectivity index (χ1n) is 11.2. The minimum atomic E-state index is -0.119. The molecule has 0 saturated carbocycles. The second kappa shape index (κ2) is 10.7. The van der Waals surface area contributed by atoms with E-state index in [2.05, 4.69) is 65.5 Å². The van der Waals surface area contributed by atoms with Crippen molar-refractivity contribution < 1.29 is 26.3 Å². The number of aromatic amines is 1. The molecule has 0 unspecified atom stereocenters. The van der Waals surface area contributed by atoms with E-state index in [0.29, 0.717) is 12.2 Å². The third-order valence-electron chi connectivity index (χ3n) is 6.44. The smallest absolute Gasteiger partial charge is 0.272 e. The predicted octanol–water partition coefficient (Wildman–Crippen LogP) is 1.90. The maximum Gasteiger partial charge on any atom is 0.272 e. The van der Waals surface area contributed by atoms with Gasteiger partial charge in [-0.3, -0.25) is 4.79 Å². The van der Waals surface area contributed by atoms with Crippen LogP contribution in [0, 0.1) is 0 Å². The van der Waals surface area contributed by atoms with Crippen molar-refractivity contribution in [1.29, 1.82) is 0 Å². The summed E-state index contributed by atoms with van der Waals surface area (Å²) in [6.45, 7) is 9.37. The standard InChI is InChI=1S/C26H30N4O.BrH/c1-3-30(4-2,19-20-11-6-5-7-12-20)18-10-16-28-26(31)25-24-22(15-17-27-25)21-13-8-9-14-23(21)29-24;/h5-9,11-15,17H,3-4,10,16,18-19H2,1-2H3,(H-,27,28,29,31);1H. The van der Waals surface area contributed by atoms with Crippen LogP contribution in [0.4, 0.5) is 0 Å². The van der Waals surface area contributed by atoms with Crippen LogP contribution in [0.3, 0.4) is 0 Å². The van der Waals surface area contributed by atoms with E-state index in [-0.39, 0.29) is 22.9 Å². The van der Waals surface area contributed by atoms with Gasteiger partial charge < -0.3 is 31.8 Å². The number of para-hydroxylation sites is 1. The minimum absolute atomic E-state index is 0. The number of quaternary nitrogens is 1. The van der Waals surface area contributed by atoms with Crippen molar-refractivity contribution in [1.82, 2.24) is 15.3 Å². The molecular weight excluding hydrogens is 464 g/mol. The van der Waals surface area contributed by atoms with Gasteiger partial charge in [0.05, 0.1) is 25.2 Å². The molecule has 1 amide bonds. The number of nitrogens with one attached hydrogen (secondary N) is 2. The van der Waals surface area contributed by atoms with Crippen molar-refractivity contribution in [3.63, 3.8) is 0 Å². The molecule has 2 aromatic heterocycles. The van der Waals surface area contributed by atoms with Gasteiger partial charge in [-0.25, -0.2) is 4.98 Å². The minimum Gasteiger partial charge on any atom is -1.00 e. The molecule has 0 radical (unpaired) electrons. The van der Waals surface area contributed by atoms with E-state index >= 15 is 0 Å². The van der Waals surface area contributed by atoms with E-state index in [4.69, 9.17) is 0 Å². The summed E-state index contributed by atoms with van der Waals surface area (Å²) < 4.78 is 1.02. The Labute approximate surface area is 200 Å². The number of halogens is 1. The molecule has 2 heterocycles. The molecule has 2 aromatic carbocycles. The van der Waals surface area contributed by atoms with E-state index in [0.717, 1.165) is 58.9 Å². The van der Waals surface area contributed by atoms with Gasteiger partial charge in [0.25, 0.3) is 5.91 Å². The Kier molecular flexibility index (Phi) is 8.04. The zero-order valence-corrected chi connectivity index (χ0v) is 20.4. The number of hydrogen-bond acceptors (Lipinski definition) is 2. The fraction of sp³-hybridized carbons (Fsp3) is 0.308. The Hall–Kier alpha value is -2.70. The van der Waals surface area contributed by atoms with Crippen molar-refractivity contribution >= 4 is 27.7 Å². The fourth-order valence-electron chi connectivity index (χ4n) is 4.46. The van der Waals surface area contributed by atoms with Crippen LogP contribution in [0.5, 0.6) is 0 Å². The van der Waals surface area contributed by atoms with E-state index in [1.54, 1.807) is 6.20 Å². The SMILES string of the molecule is CC[N+](CC)(CCCNC(=O)c1nccc2c1[nH]c1ccccc12)Cc1ccccc1.[Br-]. The van der Waals surface area contributed by atoms with Crippen molar-refractivity contribution in [3.05, 3.63) is 78.1 Å². The molecule has 6 heteroatoms. The highest BCUT2D eigenvalue weighted by atomic mass is 79.9. The molecular formula is C26H31BrN4O. The molecule has 4 aromatic rings. The lowest BCUT2D eigenvalue weighted by atomic mass is 10.1. The molecule has 32 heavy (non-hydrogen) atoms. The lowest BCUT2D eigenvalue weighted by Gasteiger charge is -2.37. The Morgan fingerprint density at radius 2 is 1.69 bits per heavy atom. The van der Waals surface area contributed by atoms with Crippen LogP contribution in [0.15, 0.2) is 66.9 Å². The number of rotatable bonds is 9. The molecule has 5 nitrogen and oxygen atoms in total. The Bertz CT molecular complexity index is 1170. The van der Waals surface area contributed by atoms with Gasteiger partial charge in [0.2, 0.25) is 0 Å². The lowest BCUT2D eigenvalue weighted by molar-refractivity contribution is -0.937. The zero-order chi connectivity index (χ0) is 21.7. The summed E-state index contributed by atoms with van der Waals surface area (Å²) in [6.07, 6.45) is 2.65. The first-order valence-corrected chi connectivity index (χ1v) is 11.2. The highest BCUT2D eigenvalue weighted by molar-refractivity contribution is 6.13. The first-order chi connectivity index (χ1) is 15.2. The van der Waals surface area contributed by atoms with Crippen LogP contribution in [0.1, 0.15) is 36.3 Å². The summed E-state index contributed by atoms with van der Waals surface area (Å²) in [4.78, 5) is 20.6. The first kappa shape index (κ1) is 24.0. The zero-order valence-electron chi connectivity index (χ0n) is 18.8. The summed E-state index contributed by atoms with van der Waals surface area (Å²) in [6, 6.07) is 20.7. The fourth-order valence-corrected chi connectivity index (χ4v) is 4.46. The van der Waals surface area contributed by atoms with E-state index in [1.165, 1.54) is 5.56 Å². The van der Waals surface area contributed by atoms with Gasteiger partial charge in [0.1, 0.15) is 6.54 Å². The molecule has 2 N–H and O–H groups in total. The molecule has 0 saturated heterocycles. The van der Waals surface area contributed by atoms with Crippen LogP contribution >= 0.6 is 0 Å². The van der Waals surface area contributed by atoms with Crippen LogP contribution < -0.4 is 22.3 Å². The van der Waals surface area contributed by atoms with Crippen LogP contribution in [-0.2, 0) is 6.54 Å². The van der Waals surface area contributed by atoms with Gasteiger partial charge in [-0.2, -0.15) is 0 Å². The number of benzene rings is 2. The number of H-pyrrole nitrogens is 1. The third-order valence-corrected chi connectivity index (χ3v) is 6.44. The maximum atomic E-state index is 12.9. The Balaban J connectivity index is 0.00000289. The third kappa shape index (κ3) is 5.03. The van der Waals surface area contributed by atoms with Crippen molar-refractivity contribution in [3.8, 4) is 0 Å². The number of hydrogen-bond donors (Lipinski definition) is 2. The second-order valence-corrected chi connectivity index (χ2v) is 8.20. The number of amides is 1. The monoisotopic (exact) mass is 494 g/mol. The maximum absolute atomic E-state index is 12.9. The van der Waals surface area contributed by atoms with Gasteiger partial charge in [0.15, 0.2) is 5.69 Å². The van der Waals surface area contributed by atoms with Crippen molar-refractivity contribution in [2.24, 2.45) is 0 Å². The van der Waals surface area contributed by atoms with Crippen molar-refractivity contribution in [2.75, 3.05) is 26.2 Å². The number of aromatic nitrogens is 2. The summed E-state index contributed by atoms with van der Waals surface area (Å²) >= 11 is 0. The summed E-state index contributed by atoms with van der Waals surface area (Å²) in [7, 11) is 0. The molecule has 0 fully saturated rings. The topological polar surface area (TPSA) is 57.8 Å². The summed E-state index contributed by atoms with van der Waals surface area (Å²) in [5, 5.41) is 5.24. The van der Waals surface area contributed by atoms with Crippen molar-refractivity contribution in [2.45, 2.75) is 26.8 Å². The lowest BCUT2D eigenvalue weighted by Crippen LogP contribution is -3.00. The van der Waals surface area contributed by atoms with Gasteiger partial charge in [-0.15, -0.1) is 0 Å². The average molecular weight is 495 g/mol. The quantitative estimate of drug-likeness (QED) is 0.275. The molecule has 0 spiro atoms. The molecule has 0 aliphatic carbocycles. The van der Waals surface area contributed by atoms with E-state index < -0.39 is 0 Å². The molecule has 0 bridgehead atoms. The Morgan fingerprint density at radius 1 is 0.969 bits per heavy atom. The van der Waals surface area contributed by atoms with E-state index in [1.807, 2.05) is 24.3 Å². The number of carbonyl (C=O) groups is 1. The van der Waals surface area contributed by atoms with Gasteiger partial charge in [-0.1, -0.05) is 48.5 Å². The normalized spacial score (nSPS) is 11.4. The highest BCUT2D eigenvalue weighted by Crippen LogP contribution is 2.26. The largest absolute Gasteiger partial charge is 1.00 e. The highest BCUT2D eigenvalue weighted by Gasteiger charge is 2.23. The molecule has 4 rings (SSSR count). The Morgan fingerprint density at radius 3 is 2.44 bits per heavy atom. The van der Waals surface area contributed by atoms with E-state index in [9.17, 15) is 4.79 Å². The molecule has 168 valence electrons. The van der Waals surface area contributed by atoms with Crippen LogP contribution in [-0.4, -0.2) is 46.5 Å². The average Bonchev–Trinajstić information content (AvgIpc) is 3.20. The van der Waals surface area contributed by atoms with Crippen LogP contribution in [0.25, 0.3) is 21.8 Å². The summed E-state index contributed by atoms with van der Waals surface area (Å²) in [5.74, 6) is -0.119. The molecule has 0 atom stereocenters. The van der Waals surface area contributed by atoms with Gasteiger partial charge >= 0.3 is 0 Å². The second-order valence-electron chi connectivity index (χ2n) is 8.20. The van der Waals surface area contributed by atoms with Gasteiger partial charge in [0, 0.05) is 41.0 Å². The molecule has 0 aliphatic heterocycles. The number of pyridine rings is 1. The van der Waals surface area contributed by atoms with Crippen LogP contribution in [0.2, 0.25) is 0 Å². The predicted molar refractivity (Wildman–Crippen MR) is 127 cm³/mol. The number of fused-ring (bicyclic) bond motifs is 3. The number of carbonyl (C=O) groups excluding carboxylic acids is 1. The number of nitrogens with zero attached hydrogens (tertiary/aromatic N) is 2.